The quantitative estimate of drug-likeness (QED) is 0.0764. The fraction of sp³-hybridized carbons (Fsp3) is 0.306. The molecule has 330 valence electrons. The monoisotopic (exact) mass is 858 g/mol. The van der Waals surface area contributed by atoms with Gasteiger partial charge in [-0.1, -0.05) is 60.7 Å². The van der Waals surface area contributed by atoms with Crippen molar-refractivity contribution in [2.24, 2.45) is 0 Å². The third kappa shape index (κ3) is 13.9. The van der Waals surface area contributed by atoms with Gasteiger partial charge in [0.2, 0.25) is 23.6 Å². The molecule has 4 aromatic carbocycles. The Morgan fingerprint density at radius 1 is 0.603 bits per heavy atom. The molecule has 2 amide bonds. The summed E-state index contributed by atoms with van der Waals surface area (Å²) in [6.07, 6.45) is 1.25. The average Bonchev–Trinajstić information content (AvgIpc) is 3.87. The van der Waals surface area contributed by atoms with Crippen LogP contribution >= 0.6 is 0 Å². The Bertz CT molecular complexity index is 2390. The van der Waals surface area contributed by atoms with E-state index >= 15 is 0 Å². The van der Waals surface area contributed by atoms with Gasteiger partial charge in [-0.25, -0.2) is 9.97 Å². The average molecular weight is 859 g/mol. The normalized spacial score (nSPS) is 11.1. The van der Waals surface area contributed by atoms with Gasteiger partial charge in [-0.15, -0.1) is 0 Å². The number of amides is 2. The van der Waals surface area contributed by atoms with Gasteiger partial charge in [-0.2, -0.15) is 0 Å². The minimum absolute atomic E-state index is 0.0773. The highest BCUT2D eigenvalue weighted by Crippen LogP contribution is 2.25. The first-order valence-corrected chi connectivity index (χ1v) is 20.5. The summed E-state index contributed by atoms with van der Waals surface area (Å²) < 4.78 is 32.6. The molecule has 14 nitrogen and oxygen atoms in total. The molecule has 2 aromatic heterocycles. The largest absolute Gasteiger partial charge is 0.493 e. The van der Waals surface area contributed by atoms with Crippen LogP contribution in [0.15, 0.2) is 118 Å². The first-order valence-electron chi connectivity index (χ1n) is 20.5. The molecule has 2 heterocycles. The van der Waals surface area contributed by atoms with E-state index in [0.29, 0.717) is 50.1 Å². The van der Waals surface area contributed by atoms with Crippen LogP contribution in [0.3, 0.4) is 0 Å². The van der Waals surface area contributed by atoms with Crippen molar-refractivity contribution in [3.05, 3.63) is 143 Å². The lowest BCUT2D eigenvalue weighted by atomic mass is 10.1. The SMILES string of the molecule is COC(=O)CN(C(C)=O)C(C)c1ccc(OCCc2nc(-c3ccccc3)oc2C)cc1.COC(=O)CN(Cc1ccc(OCCc2nc(-c3ccccc3)oc2C)cc1)C(C)=O. The topological polar surface area (TPSA) is 164 Å². The maximum absolute atomic E-state index is 12.0. The second-order valence-corrected chi connectivity index (χ2v) is 14.5. The Labute approximate surface area is 367 Å². The van der Waals surface area contributed by atoms with Gasteiger partial charge >= 0.3 is 11.9 Å². The zero-order chi connectivity index (χ0) is 45.3. The summed E-state index contributed by atoms with van der Waals surface area (Å²) in [6, 6.07) is 34.2. The number of carbonyl (C=O) groups excluding carboxylic acids is 4. The number of hydrogen-bond donors (Lipinski definition) is 0. The molecule has 0 bridgehead atoms. The van der Waals surface area contributed by atoms with Crippen LogP contribution in [0.2, 0.25) is 0 Å². The van der Waals surface area contributed by atoms with E-state index in [1.54, 1.807) is 0 Å². The highest BCUT2D eigenvalue weighted by molar-refractivity contribution is 5.81. The maximum Gasteiger partial charge on any atom is 0.325 e. The van der Waals surface area contributed by atoms with Crippen molar-refractivity contribution in [3.63, 3.8) is 0 Å². The van der Waals surface area contributed by atoms with E-state index in [4.69, 9.17) is 18.3 Å². The predicted octanol–water partition coefficient (Wildman–Crippen LogP) is 8.15. The molecule has 0 N–H and O–H groups in total. The molecule has 0 aliphatic carbocycles. The van der Waals surface area contributed by atoms with Gasteiger partial charge < -0.3 is 37.6 Å². The van der Waals surface area contributed by atoms with Crippen molar-refractivity contribution in [3.8, 4) is 34.4 Å². The van der Waals surface area contributed by atoms with Crippen LogP contribution in [-0.2, 0) is 48.0 Å². The summed E-state index contributed by atoms with van der Waals surface area (Å²) in [4.78, 5) is 58.8. The van der Waals surface area contributed by atoms with Crippen molar-refractivity contribution in [1.29, 1.82) is 0 Å². The van der Waals surface area contributed by atoms with E-state index in [2.05, 4.69) is 19.4 Å². The molecular formula is C49H54N4O10. The maximum atomic E-state index is 12.0. The Morgan fingerprint density at radius 3 is 1.48 bits per heavy atom. The van der Waals surface area contributed by atoms with Crippen molar-refractivity contribution < 1.29 is 47.0 Å². The minimum atomic E-state index is -0.453. The third-order valence-corrected chi connectivity index (χ3v) is 10.1. The molecule has 0 aliphatic heterocycles. The third-order valence-electron chi connectivity index (χ3n) is 10.1. The zero-order valence-electron chi connectivity index (χ0n) is 36.8. The van der Waals surface area contributed by atoms with Gasteiger partial charge in [0.25, 0.3) is 0 Å². The Balaban J connectivity index is 0.000000238. The summed E-state index contributed by atoms with van der Waals surface area (Å²) in [5.74, 6) is 2.93. The molecule has 0 saturated carbocycles. The smallest absolute Gasteiger partial charge is 0.325 e. The zero-order valence-corrected chi connectivity index (χ0v) is 36.8. The Hall–Kier alpha value is -7.22. The van der Waals surface area contributed by atoms with E-state index in [0.717, 1.165) is 50.9 Å². The van der Waals surface area contributed by atoms with Crippen LogP contribution in [0.25, 0.3) is 22.9 Å². The lowest BCUT2D eigenvalue weighted by Crippen LogP contribution is -2.36. The lowest BCUT2D eigenvalue weighted by molar-refractivity contribution is -0.147. The number of oxazole rings is 2. The van der Waals surface area contributed by atoms with Crippen LogP contribution in [0.5, 0.6) is 11.5 Å². The summed E-state index contributed by atoms with van der Waals surface area (Å²) in [5, 5.41) is 0. The van der Waals surface area contributed by atoms with Gasteiger partial charge in [-0.3, -0.25) is 19.2 Å². The fourth-order valence-electron chi connectivity index (χ4n) is 6.42. The number of benzene rings is 4. The summed E-state index contributed by atoms with van der Waals surface area (Å²) in [5.41, 5.74) is 5.42. The van der Waals surface area contributed by atoms with Crippen LogP contribution in [0, 0.1) is 13.8 Å². The lowest BCUT2D eigenvalue weighted by Gasteiger charge is -2.27. The molecule has 6 aromatic rings. The van der Waals surface area contributed by atoms with Crippen molar-refractivity contribution in [1.82, 2.24) is 19.8 Å². The number of carbonyl (C=O) groups is 4. The molecule has 14 heteroatoms. The highest BCUT2D eigenvalue weighted by Gasteiger charge is 2.22. The van der Waals surface area contributed by atoms with Crippen LogP contribution in [-0.4, -0.2) is 84.0 Å². The first kappa shape index (κ1) is 46.8. The van der Waals surface area contributed by atoms with Crippen LogP contribution < -0.4 is 9.47 Å². The minimum Gasteiger partial charge on any atom is -0.493 e. The number of methoxy groups -OCH3 is 2. The van der Waals surface area contributed by atoms with E-state index in [1.165, 1.54) is 37.9 Å². The predicted molar refractivity (Wildman–Crippen MR) is 236 cm³/mol. The fourth-order valence-corrected chi connectivity index (χ4v) is 6.42. The second-order valence-electron chi connectivity index (χ2n) is 14.5. The molecule has 63 heavy (non-hydrogen) atoms. The van der Waals surface area contributed by atoms with E-state index in [1.807, 2.05) is 130 Å². The molecule has 0 saturated heterocycles. The highest BCUT2D eigenvalue weighted by atomic mass is 16.5. The number of ether oxygens (including phenoxy) is 4. The van der Waals surface area contributed by atoms with Gasteiger partial charge in [0.05, 0.1) is 44.9 Å². The summed E-state index contributed by atoms with van der Waals surface area (Å²) in [6.45, 7) is 9.61. The standard InChI is InChI=1S/C25H28N2O5.C24H26N2O5/c1-17(27(19(3)28)16-24(29)30-4)20-10-12-22(13-11-20)31-15-14-23-18(2)32-25(26-23)21-8-6-5-7-9-21;1-17-22(25-24(31-17)20-7-5-4-6-8-20)13-14-30-21-11-9-19(10-12-21)15-26(18(2)27)16-23(28)29-3/h5-13,17H,14-16H2,1-4H3;4-12H,13-16H2,1-3H3. The molecule has 1 unspecified atom stereocenters. The Kier molecular flexibility index (Phi) is 17.2. The molecule has 0 fully saturated rings. The number of nitrogens with zero attached hydrogens (tertiary/aromatic N) is 4. The summed E-state index contributed by atoms with van der Waals surface area (Å²) in [7, 11) is 2.61. The van der Waals surface area contributed by atoms with E-state index in [-0.39, 0.29) is 30.9 Å². The number of aryl methyl sites for hydroxylation is 2. The molecular weight excluding hydrogens is 805 g/mol. The van der Waals surface area contributed by atoms with Gasteiger partial charge in [0.1, 0.15) is 36.1 Å². The number of esters is 2. The van der Waals surface area contributed by atoms with Gasteiger partial charge in [-0.05, 0) is 80.4 Å². The van der Waals surface area contributed by atoms with Crippen molar-refractivity contribution in [2.75, 3.05) is 40.5 Å². The van der Waals surface area contributed by atoms with E-state index in [9.17, 15) is 19.2 Å². The van der Waals surface area contributed by atoms with Crippen molar-refractivity contribution in [2.45, 2.75) is 60.0 Å². The van der Waals surface area contributed by atoms with E-state index < -0.39 is 11.9 Å². The van der Waals surface area contributed by atoms with Crippen molar-refractivity contribution >= 4 is 23.8 Å². The second kappa shape index (κ2) is 23.1. The number of hydrogen-bond acceptors (Lipinski definition) is 12. The number of rotatable bonds is 18. The molecule has 0 spiro atoms. The molecule has 1 atom stereocenters. The van der Waals surface area contributed by atoms with Crippen LogP contribution in [0.1, 0.15) is 60.8 Å². The molecule has 0 radical (unpaired) electrons. The molecule has 0 aliphatic rings. The Morgan fingerprint density at radius 2 is 1.05 bits per heavy atom. The first-order chi connectivity index (χ1) is 30.3. The number of aromatic nitrogens is 2. The molecule has 6 rings (SSSR count). The van der Waals surface area contributed by atoms with Crippen LogP contribution in [0.4, 0.5) is 0 Å². The summed E-state index contributed by atoms with van der Waals surface area (Å²) >= 11 is 0. The van der Waals surface area contributed by atoms with Gasteiger partial charge in [0, 0.05) is 44.4 Å². The van der Waals surface area contributed by atoms with Gasteiger partial charge in [0.15, 0.2) is 0 Å².